The van der Waals surface area contributed by atoms with Crippen molar-refractivity contribution in [3.63, 3.8) is 0 Å². The molecule has 0 aliphatic carbocycles. The van der Waals surface area contributed by atoms with Crippen molar-refractivity contribution in [1.82, 2.24) is 16.0 Å². The zero-order valence-electron chi connectivity index (χ0n) is 24.6. The minimum Gasteiger partial charge on any atom is -0.480 e. The van der Waals surface area contributed by atoms with E-state index in [0.717, 1.165) is 38.5 Å². The summed E-state index contributed by atoms with van der Waals surface area (Å²) >= 11 is 0. The number of hydrogen-bond donors (Lipinski definition) is 4. The topological polar surface area (TPSA) is 125 Å². The average Bonchev–Trinajstić information content (AvgIpc) is 2.90. The van der Waals surface area contributed by atoms with Crippen LogP contribution in [-0.4, -0.2) is 54.3 Å². The van der Waals surface area contributed by atoms with E-state index in [1.165, 1.54) is 64.2 Å². The molecule has 0 unspecified atom stereocenters. The molecule has 0 fully saturated rings. The molecule has 0 saturated carbocycles. The zero-order chi connectivity index (χ0) is 28.4. The number of carboxylic acids is 1. The van der Waals surface area contributed by atoms with Crippen LogP contribution in [0.15, 0.2) is 0 Å². The Labute approximate surface area is 231 Å². The van der Waals surface area contributed by atoms with Crippen LogP contribution in [0.2, 0.25) is 0 Å². The maximum atomic E-state index is 12.2. The van der Waals surface area contributed by atoms with Gasteiger partial charge in [0.1, 0.15) is 11.8 Å². The molecule has 0 radical (unpaired) electrons. The first kappa shape index (κ1) is 36.0. The van der Waals surface area contributed by atoms with Crippen molar-refractivity contribution in [2.45, 2.75) is 154 Å². The molecule has 38 heavy (non-hydrogen) atoms. The largest absolute Gasteiger partial charge is 0.480 e. The summed E-state index contributed by atoms with van der Waals surface area (Å²) in [4.78, 5) is 47.6. The predicted molar refractivity (Wildman–Crippen MR) is 154 cm³/mol. The van der Waals surface area contributed by atoms with E-state index in [0.29, 0.717) is 19.4 Å². The van der Waals surface area contributed by atoms with Crippen LogP contribution in [0.5, 0.6) is 0 Å². The average molecular weight is 540 g/mol. The highest BCUT2D eigenvalue weighted by atomic mass is 16.4. The number of hydrogen-bond acceptors (Lipinski definition) is 5. The lowest BCUT2D eigenvalue weighted by Crippen LogP contribution is -2.41. The Bertz CT molecular complexity index is 641. The molecule has 2 amide bonds. The molecule has 0 aromatic rings. The van der Waals surface area contributed by atoms with Gasteiger partial charge >= 0.3 is 5.97 Å². The van der Waals surface area contributed by atoms with Crippen LogP contribution in [-0.2, 0) is 19.2 Å². The number of ketones is 1. The quantitative estimate of drug-likeness (QED) is 0.0997. The molecule has 8 nitrogen and oxygen atoms in total. The standard InChI is InChI=1S/C30H57N3O5/c1-4-6-7-8-9-10-11-12-13-14-15-16-17-21-29(36)33-26(30(37)38)22-23-28(35)32-24-19-18-20-25(31-3)27(34)5-2/h25-26,31H,4-24H2,1-3H3,(H,32,35)(H,33,36)(H,37,38)/t25-,26-/m0/s1. The number of carboxylic acid groups (broad SMARTS) is 1. The van der Waals surface area contributed by atoms with Crippen molar-refractivity contribution in [1.29, 1.82) is 0 Å². The Morgan fingerprint density at radius 2 is 1.18 bits per heavy atom. The fraction of sp³-hybridized carbons (Fsp3) is 0.867. The molecule has 0 aliphatic rings. The number of nitrogens with one attached hydrogen (secondary N) is 3. The van der Waals surface area contributed by atoms with Gasteiger partial charge in [0.05, 0.1) is 6.04 Å². The highest BCUT2D eigenvalue weighted by Crippen LogP contribution is 2.13. The first-order valence-electron chi connectivity index (χ1n) is 15.3. The van der Waals surface area contributed by atoms with Gasteiger partial charge in [-0.3, -0.25) is 14.4 Å². The molecule has 4 N–H and O–H groups in total. The summed E-state index contributed by atoms with van der Waals surface area (Å²) in [6, 6.07) is -1.19. The van der Waals surface area contributed by atoms with E-state index >= 15 is 0 Å². The van der Waals surface area contributed by atoms with Gasteiger partial charge in [0, 0.05) is 25.8 Å². The summed E-state index contributed by atoms with van der Waals surface area (Å²) in [5.74, 6) is -1.42. The minimum atomic E-state index is -1.12. The Morgan fingerprint density at radius 3 is 1.68 bits per heavy atom. The van der Waals surface area contributed by atoms with E-state index in [9.17, 15) is 24.3 Å². The Hall–Kier alpha value is -1.96. The molecule has 0 rings (SSSR count). The van der Waals surface area contributed by atoms with Gasteiger partial charge in [-0.25, -0.2) is 4.79 Å². The molecule has 0 heterocycles. The number of likely N-dealkylation sites (N-methyl/N-ethyl adjacent to an activating group) is 1. The smallest absolute Gasteiger partial charge is 0.326 e. The molecule has 0 spiro atoms. The summed E-state index contributed by atoms with van der Waals surface area (Å²) in [7, 11) is 1.77. The highest BCUT2D eigenvalue weighted by molar-refractivity contribution is 5.84. The molecule has 0 saturated heterocycles. The maximum Gasteiger partial charge on any atom is 0.326 e. The number of aliphatic carboxylic acids is 1. The van der Waals surface area contributed by atoms with Crippen molar-refractivity contribution < 1.29 is 24.3 Å². The van der Waals surface area contributed by atoms with Gasteiger partial charge in [0.25, 0.3) is 0 Å². The number of unbranched alkanes of at least 4 members (excludes halogenated alkanes) is 13. The Balaban J connectivity index is 3.85. The third-order valence-corrected chi connectivity index (χ3v) is 7.13. The number of Topliss-reactive ketones (excluding diaryl/α,β-unsaturated/α-hetero) is 1. The van der Waals surface area contributed by atoms with Crippen molar-refractivity contribution in [3.05, 3.63) is 0 Å². The molecule has 0 bridgehead atoms. The Kier molecular flexibility index (Phi) is 24.0. The van der Waals surface area contributed by atoms with Crippen LogP contribution in [0.3, 0.4) is 0 Å². The van der Waals surface area contributed by atoms with Crippen molar-refractivity contribution in [3.8, 4) is 0 Å². The summed E-state index contributed by atoms with van der Waals surface area (Å²) in [5, 5.41) is 17.8. The first-order chi connectivity index (χ1) is 18.3. The number of amides is 2. The summed E-state index contributed by atoms with van der Waals surface area (Å²) < 4.78 is 0. The number of rotatable bonds is 27. The fourth-order valence-electron chi connectivity index (χ4n) is 4.61. The van der Waals surface area contributed by atoms with Crippen LogP contribution >= 0.6 is 0 Å². The SMILES string of the molecule is CCCCCCCCCCCCCCCC(=O)N[C@@H](CCC(=O)NCCCC[C@H](NC)C(=O)CC)C(=O)O. The highest BCUT2D eigenvalue weighted by Gasteiger charge is 2.21. The maximum absolute atomic E-state index is 12.2. The number of carbonyl (C=O) groups is 4. The van der Waals surface area contributed by atoms with Crippen LogP contribution in [0, 0.1) is 0 Å². The lowest BCUT2D eigenvalue weighted by atomic mass is 10.0. The second-order valence-corrected chi connectivity index (χ2v) is 10.5. The first-order valence-corrected chi connectivity index (χ1v) is 15.3. The summed E-state index contributed by atoms with van der Waals surface area (Å²) in [5.41, 5.74) is 0. The van der Waals surface area contributed by atoms with E-state index in [4.69, 9.17) is 0 Å². The zero-order valence-corrected chi connectivity index (χ0v) is 24.6. The minimum absolute atomic E-state index is 0.0451. The van der Waals surface area contributed by atoms with Gasteiger partial charge < -0.3 is 21.1 Å². The molecule has 0 aliphatic heterocycles. The normalized spacial score (nSPS) is 12.6. The summed E-state index contributed by atoms with van der Waals surface area (Å²) in [6.45, 7) is 4.58. The molecule has 8 heteroatoms. The second kappa shape index (κ2) is 25.3. The third kappa shape index (κ3) is 21.0. The lowest BCUT2D eigenvalue weighted by Gasteiger charge is -2.15. The lowest BCUT2D eigenvalue weighted by molar-refractivity contribution is -0.142. The fourth-order valence-corrected chi connectivity index (χ4v) is 4.61. The summed E-state index contributed by atoms with van der Waals surface area (Å²) in [6.07, 6.45) is 19.2. The van der Waals surface area contributed by atoms with Crippen LogP contribution in [0.1, 0.15) is 142 Å². The van der Waals surface area contributed by atoms with Crippen LogP contribution in [0.4, 0.5) is 0 Å². The van der Waals surface area contributed by atoms with Crippen molar-refractivity contribution in [2.24, 2.45) is 0 Å². The third-order valence-electron chi connectivity index (χ3n) is 7.13. The predicted octanol–water partition coefficient (Wildman–Crippen LogP) is 5.67. The molecule has 222 valence electrons. The second-order valence-electron chi connectivity index (χ2n) is 10.5. The van der Waals surface area contributed by atoms with E-state index < -0.39 is 12.0 Å². The van der Waals surface area contributed by atoms with Gasteiger partial charge in [-0.15, -0.1) is 0 Å². The van der Waals surface area contributed by atoms with Gasteiger partial charge in [0.2, 0.25) is 11.8 Å². The Morgan fingerprint density at radius 1 is 0.632 bits per heavy atom. The van der Waals surface area contributed by atoms with Gasteiger partial charge in [-0.2, -0.15) is 0 Å². The van der Waals surface area contributed by atoms with Gasteiger partial charge in [-0.1, -0.05) is 90.9 Å². The molecule has 0 aromatic heterocycles. The van der Waals surface area contributed by atoms with Gasteiger partial charge in [-0.05, 0) is 39.2 Å². The molecular formula is C30H57N3O5. The van der Waals surface area contributed by atoms with Gasteiger partial charge in [0.15, 0.2) is 0 Å². The monoisotopic (exact) mass is 539 g/mol. The van der Waals surface area contributed by atoms with Crippen LogP contribution < -0.4 is 16.0 Å². The van der Waals surface area contributed by atoms with Crippen LogP contribution in [0.25, 0.3) is 0 Å². The van der Waals surface area contributed by atoms with E-state index in [1.807, 2.05) is 6.92 Å². The van der Waals surface area contributed by atoms with E-state index in [2.05, 4.69) is 22.9 Å². The van der Waals surface area contributed by atoms with Crippen molar-refractivity contribution in [2.75, 3.05) is 13.6 Å². The number of carbonyl (C=O) groups excluding carboxylic acids is 3. The molecule has 2 atom stereocenters. The molecular weight excluding hydrogens is 482 g/mol. The van der Waals surface area contributed by atoms with Crippen molar-refractivity contribution >= 4 is 23.6 Å². The molecule has 0 aromatic carbocycles. The van der Waals surface area contributed by atoms with E-state index in [-0.39, 0.29) is 36.5 Å². The van der Waals surface area contributed by atoms with E-state index in [1.54, 1.807) is 7.05 Å².